The predicted molar refractivity (Wildman–Crippen MR) is 156 cm³/mol. The molecule has 0 fully saturated rings. The summed E-state index contributed by atoms with van der Waals surface area (Å²) in [4.78, 5) is 11.6. The van der Waals surface area contributed by atoms with Gasteiger partial charge in [0.25, 0.3) is 0 Å². The molecular formula is C30H35N3O7S. The molecule has 3 N–H and O–H groups in total. The van der Waals surface area contributed by atoms with Gasteiger partial charge in [-0.2, -0.15) is 0 Å². The van der Waals surface area contributed by atoms with Crippen LogP contribution in [0.25, 0.3) is 10.9 Å². The number of carboxylic acid groups (broad SMARTS) is 1. The van der Waals surface area contributed by atoms with Gasteiger partial charge in [-0.15, -0.1) is 0 Å². The lowest BCUT2D eigenvalue weighted by atomic mass is 10.0. The highest BCUT2D eigenvalue weighted by Crippen LogP contribution is 2.29. The Morgan fingerprint density at radius 2 is 1.68 bits per heavy atom. The van der Waals surface area contributed by atoms with Crippen molar-refractivity contribution in [1.82, 2.24) is 14.2 Å². The van der Waals surface area contributed by atoms with Gasteiger partial charge in [-0.1, -0.05) is 36.4 Å². The van der Waals surface area contributed by atoms with Gasteiger partial charge in [0, 0.05) is 38.1 Å². The molecule has 4 rings (SSSR count). The maximum Gasteiger partial charge on any atom is 0.512 e. The van der Waals surface area contributed by atoms with Crippen LogP contribution in [-0.4, -0.2) is 73.1 Å². The first-order valence-corrected chi connectivity index (χ1v) is 14.6. The van der Waals surface area contributed by atoms with E-state index in [2.05, 4.69) is 5.32 Å². The van der Waals surface area contributed by atoms with E-state index < -0.39 is 22.3 Å². The van der Waals surface area contributed by atoms with Crippen molar-refractivity contribution in [1.29, 1.82) is 0 Å². The Hall–Kier alpha value is -3.90. The first-order chi connectivity index (χ1) is 19.5. The van der Waals surface area contributed by atoms with Crippen LogP contribution in [0.4, 0.5) is 4.79 Å². The van der Waals surface area contributed by atoms with E-state index in [0.29, 0.717) is 18.7 Å². The topological polar surface area (TPSA) is 130 Å². The molecule has 41 heavy (non-hydrogen) atoms. The number of nitrogens with zero attached hydrogens (tertiary/aromatic N) is 2. The molecular weight excluding hydrogens is 546 g/mol. The fraction of sp³-hybridized carbons (Fsp3) is 0.300. The van der Waals surface area contributed by atoms with Gasteiger partial charge >= 0.3 is 6.16 Å². The van der Waals surface area contributed by atoms with E-state index in [-0.39, 0.29) is 30.0 Å². The van der Waals surface area contributed by atoms with E-state index in [4.69, 9.17) is 9.47 Å². The van der Waals surface area contributed by atoms with Crippen molar-refractivity contribution in [2.24, 2.45) is 0 Å². The summed E-state index contributed by atoms with van der Waals surface area (Å²) in [5, 5.41) is 23.7. The minimum atomic E-state index is -3.55. The van der Waals surface area contributed by atoms with Gasteiger partial charge in [0.15, 0.2) is 0 Å². The van der Waals surface area contributed by atoms with Crippen LogP contribution < -0.4 is 14.8 Å². The van der Waals surface area contributed by atoms with E-state index in [9.17, 15) is 23.4 Å². The minimum absolute atomic E-state index is 0.0626. The lowest BCUT2D eigenvalue weighted by molar-refractivity contribution is 0.104. The third-order valence-corrected chi connectivity index (χ3v) is 8.42. The highest BCUT2D eigenvalue weighted by molar-refractivity contribution is 7.89. The van der Waals surface area contributed by atoms with E-state index >= 15 is 0 Å². The minimum Gasteiger partial charge on any atom is -0.491 e. The summed E-state index contributed by atoms with van der Waals surface area (Å²) in [5.41, 5.74) is 2.60. The number of aromatic nitrogens is 1. The van der Waals surface area contributed by atoms with Crippen molar-refractivity contribution in [3.63, 3.8) is 0 Å². The second kappa shape index (κ2) is 13.2. The number of hydrogen-bond donors (Lipinski definition) is 3. The number of aliphatic hydroxyl groups excluding tert-OH is 1. The number of carbonyl (C=O) groups is 1. The average Bonchev–Trinajstić information content (AvgIpc) is 3.26. The fourth-order valence-corrected chi connectivity index (χ4v) is 5.35. The molecule has 1 heterocycles. The first kappa shape index (κ1) is 30.1. The zero-order valence-electron chi connectivity index (χ0n) is 23.2. The lowest BCUT2D eigenvalue weighted by Crippen LogP contribution is -2.37. The number of sulfonamides is 1. The highest BCUT2D eigenvalue weighted by Gasteiger charge is 2.18. The smallest absolute Gasteiger partial charge is 0.491 e. The molecule has 0 saturated carbocycles. The number of aliphatic hydroxyl groups is 1. The van der Waals surface area contributed by atoms with Crippen LogP contribution in [0, 0.1) is 0 Å². The molecule has 0 aliphatic heterocycles. The molecule has 0 saturated heterocycles. The second-order valence-electron chi connectivity index (χ2n) is 10.1. The molecule has 218 valence electrons. The Balaban J connectivity index is 1.43. The number of ether oxygens (including phenoxy) is 2. The van der Waals surface area contributed by atoms with Gasteiger partial charge in [0.1, 0.15) is 18.5 Å². The quantitative estimate of drug-likeness (QED) is 0.202. The normalized spacial score (nSPS) is 13.3. The third kappa shape index (κ3) is 7.86. The van der Waals surface area contributed by atoms with Crippen LogP contribution in [0.3, 0.4) is 0 Å². The maximum atomic E-state index is 12.4. The molecule has 1 aromatic heterocycles. The van der Waals surface area contributed by atoms with Crippen LogP contribution >= 0.6 is 0 Å². The highest BCUT2D eigenvalue weighted by atomic mass is 32.2. The number of para-hydroxylation sites is 1. The SMILES string of the molecule is C[C@H](Cc1ccc2c(c1)cc(OC(=O)O)n2Cc1ccc(S(=O)(=O)N(C)C)cc1)NC[C@H](O)COc1ccccc1. The van der Waals surface area contributed by atoms with Gasteiger partial charge in [-0.3, -0.25) is 0 Å². The lowest BCUT2D eigenvalue weighted by Gasteiger charge is -2.18. The largest absolute Gasteiger partial charge is 0.512 e. The monoisotopic (exact) mass is 581 g/mol. The number of hydrogen-bond acceptors (Lipinski definition) is 7. The Kier molecular flexibility index (Phi) is 9.66. The molecule has 4 aromatic rings. The second-order valence-corrected chi connectivity index (χ2v) is 12.2. The Labute approximate surface area is 239 Å². The molecule has 0 amide bonds. The molecule has 11 heteroatoms. The van der Waals surface area contributed by atoms with Crippen molar-refractivity contribution in [3.8, 4) is 11.6 Å². The molecule has 10 nitrogen and oxygen atoms in total. The third-order valence-electron chi connectivity index (χ3n) is 6.59. The van der Waals surface area contributed by atoms with Crippen LogP contribution in [-0.2, 0) is 23.0 Å². The summed E-state index contributed by atoms with van der Waals surface area (Å²) in [5.74, 6) is 0.878. The van der Waals surface area contributed by atoms with Gasteiger partial charge in [-0.25, -0.2) is 17.5 Å². The van der Waals surface area contributed by atoms with Gasteiger partial charge in [0.2, 0.25) is 15.9 Å². The summed E-state index contributed by atoms with van der Waals surface area (Å²) in [7, 11) is -0.607. The molecule has 0 aliphatic carbocycles. The molecule has 2 atom stereocenters. The molecule has 0 bridgehead atoms. The Morgan fingerprint density at radius 1 is 1.00 bits per heavy atom. The van der Waals surface area contributed by atoms with E-state index in [1.807, 2.05) is 55.5 Å². The van der Waals surface area contributed by atoms with E-state index in [1.54, 1.807) is 22.8 Å². The van der Waals surface area contributed by atoms with Crippen molar-refractivity contribution >= 4 is 27.1 Å². The zero-order chi connectivity index (χ0) is 29.6. The average molecular weight is 582 g/mol. The Morgan fingerprint density at radius 3 is 2.34 bits per heavy atom. The van der Waals surface area contributed by atoms with E-state index in [1.165, 1.54) is 26.2 Å². The summed E-state index contributed by atoms with van der Waals surface area (Å²) < 4.78 is 38.4. The predicted octanol–water partition coefficient (Wildman–Crippen LogP) is 3.96. The van der Waals surface area contributed by atoms with Crippen molar-refractivity contribution in [2.75, 3.05) is 27.2 Å². The van der Waals surface area contributed by atoms with Gasteiger partial charge in [-0.05, 0) is 60.9 Å². The Bertz CT molecular complexity index is 1570. The molecule has 0 unspecified atom stereocenters. The standard InChI is InChI=1S/C30H35N3O7S/c1-21(31-18-25(34)20-39-26-7-5-4-6-8-26)15-23-11-14-28-24(16-23)17-29(40-30(35)36)33(28)19-22-9-12-27(13-10-22)41(37,38)32(2)3/h4-14,16-17,21,25,31,34H,15,18-20H2,1-3H3,(H,35,36)/t21-,25+/m1/s1. The number of fused-ring (bicyclic) bond motifs is 1. The summed E-state index contributed by atoms with van der Waals surface area (Å²) in [6.07, 6.45) is -1.40. The number of nitrogens with one attached hydrogen (secondary N) is 1. The molecule has 0 spiro atoms. The number of benzene rings is 3. The number of rotatable bonds is 13. The zero-order valence-corrected chi connectivity index (χ0v) is 24.0. The van der Waals surface area contributed by atoms with Crippen LogP contribution in [0.5, 0.6) is 11.6 Å². The maximum absolute atomic E-state index is 12.4. The summed E-state index contributed by atoms with van der Waals surface area (Å²) >= 11 is 0. The molecule has 0 aliphatic rings. The van der Waals surface area contributed by atoms with Crippen LogP contribution in [0.15, 0.2) is 83.8 Å². The summed E-state index contributed by atoms with van der Waals surface area (Å²) in [6, 6.07) is 23.4. The molecule has 3 aromatic carbocycles. The van der Waals surface area contributed by atoms with Gasteiger partial charge < -0.3 is 29.6 Å². The van der Waals surface area contributed by atoms with Crippen LogP contribution in [0.2, 0.25) is 0 Å². The fourth-order valence-electron chi connectivity index (χ4n) is 4.45. The van der Waals surface area contributed by atoms with Crippen molar-refractivity contribution in [3.05, 3.63) is 90.0 Å². The first-order valence-electron chi connectivity index (χ1n) is 13.2. The van der Waals surface area contributed by atoms with Crippen molar-refractivity contribution < 1.29 is 32.9 Å². The van der Waals surface area contributed by atoms with Gasteiger partial charge in [0.05, 0.1) is 17.0 Å². The van der Waals surface area contributed by atoms with E-state index in [0.717, 1.165) is 26.3 Å². The molecule has 0 radical (unpaired) electrons. The van der Waals surface area contributed by atoms with Crippen molar-refractivity contribution in [2.45, 2.75) is 36.9 Å². The summed E-state index contributed by atoms with van der Waals surface area (Å²) in [6.45, 7) is 2.87. The van der Waals surface area contributed by atoms with Crippen LogP contribution in [0.1, 0.15) is 18.1 Å².